The number of ether oxygens (including phenoxy) is 1. The predicted molar refractivity (Wildman–Crippen MR) is 120 cm³/mol. The first-order valence-electron chi connectivity index (χ1n) is 11.0. The van der Waals surface area contributed by atoms with Crippen molar-refractivity contribution in [1.29, 1.82) is 0 Å². The van der Waals surface area contributed by atoms with E-state index < -0.39 is 0 Å². The van der Waals surface area contributed by atoms with Gasteiger partial charge in [-0.2, -0.15) is 0 Å². The van der Waals surface area contributed by atoms with Crippen molar-refractivity contribution in [1.82, 2.24) is 5.32 Å². The highest BCUT2D eigenvalue weighted by atomic mass is 16.5. The zero-order valence-electron chi connectivity index (χ0n) is 18.0. The number of nitrogens with one attached hydrogen (secondary N) is 2. The molecule has 1 aliphatic rings. The lowest BCUT2D eigenvalue weighted by molar-refractivity contribution is -0.126. The molecule has 2 N–H and O–H groups in total. The lowest BCUT2D eigenvalue weighted by Gasteiger charge is -2.20. The topological polar surface area (TPSA) is 84.5 Å². The summed E-state index contributed by atoms with van der Waals surface area (Å²) in [6, 6.07) is 13.8. The second-order valence-corrected chi connectivity index (χ2v) is 7.92. The van der Waals surface area contributed by atoms with Crippen molar-refractivity contribution in [2.24, 2.45) is 5.92 Å². The van der Waals surface area contributed by atoms with E-state index in [2.05, 4.69) is 10.6 Å². The summed E-state index contributed by atoms with van der Waals surface area (Å²) in [5.41, 5.74) is 2.52. The van der Waals surface area contributed by atoms with E-state index in [4.69, 9.17) is 4.74 Å². The molecule has 0 atom stereocenters. The van der Waals surface area contributed by atoms with E-state index in [1.807, 2.05) is 19.1 Å². The second-order valence-electron chi connectivity index (χ2n) is 7.92. The molecule has 1 saturated carbocycles. The van der Waals surface area contributed by atoms with Gasteiger partial charge in [-0.1, -0.05) is 38.3 Å². The number of rotatable bonds is 8. The number of amides is 2. The van der Waals surface area contributed by atoms with Crippen LogP contribution in [-0.4, -0.2) is 24.4 Å². The summed E-state index contributed by atoms with van der Waals surface area (Å²) < 4.78 is 5.10. The van der Waals surface area contributed by atoms with Crippen LogP contribution in [0.4, 0.5) is 5.69 Å². The lowest BCUT2D eigenvalue weighted by Crippen LogP contribution is -2.31. The van der Waals surface area contributed by atoms with Gasteiger partial charge in [-0.05, 0) is 61.2 Å². The molecule has 0 aromatic heterocycles. The SMILES string of the molecule is CCCOC(=O)c1ccc(NC(=O)c2ccc(CNC(=O)C3CCCCC3)cc2)cc1. The van der Waals surface area contributed by atoms with Gasteiger partial charge in [0.1, 0.15) is 0 Å². The van der Waals surface area contributed by atoms with Gasteiger partial charge >= 0.3 is 5.97 Å². The molecule has 31 heavy (non-hydrogen) atoms. The fourth-order valence-electron chi connectivity index (χ4n) is 3.64. The summed E-state index contributed by atoms with van der Waals surface area (Å²) in [6.45, 7) is 2.79. The standard InChI is InChI=1S/C25H30N2O4/c1-2-16-31-25(30)21-12-14-22(15-13-21)27-24(29)20-10-8-18(9-11-20)17-26-23(28)19-6-4-3-5-7-19/h8-15,19H,2-7,16-17H2,1H3,(H,26,28)(H,27,29). The maximum atomic E-state index is 12.5. The molecule has 164 valence electrons. The molecule has 1 aliphatic carbocycles. The van der Waals surface area contributed by atoms with Crippen molar-refractivity contribution in [3.63, 3.8) is 0 Å². The third kappa shape index (κ3) is 6.67. The Morgan fingerprint density at radius 3 is 2.19 bits per heavy atom. The largest absolute Gasteiger partial charge is 0.462 e. The summed E-state index contributed by atoms with van der Waals surface area (Å²) in [7, 11) is 0. The molecule has 0 bridgehead atoms. The Balaban J connectivity index is 1.49. The van der Waals surface area contributed by atoms with E-state index in [-0.39, 0.29) is 23.7 Å². The number of anilines is 1. The zero-order valence-corrected chi connectivity index (χ0v) is 18.0. The van der Waals surface area contributed by atoms with Crippen LogP contribution in [0.5, 0.6) is 0 Å². The fourth-order valence-corrected chi connectivity index (χ4v) is 3.64. The Morgan fingerprint density at radius 1 is 0.903 bits per heavy atom. The third-order valence-electron chi connectivity index (χ3n) is 5.47. The van der Waals surface area contributed by atoms with Crippen molar-refractivity contribution < 1.29 is 19.1 Å². The lowest BCUT2D eigenvalue weighted by atomic mass is 9.88. The Bertz CT molecular complexity index is 885. The quantitative estimate of drug-likeness (QED) is 0.604. The molecule has 3 rings (SSSR count). The van der Waals surface area contributed by atoms with Crippen LogP contribution in [0.15, 0.2) is 48.5 Å². The van der Waals surface area contributed by atoms with Gasteiger partial charge in [-0.25, -0.2) is 4.79 Å². The minimum Gasteiger partial charge on any atom is -0.462 e. The van der Waals surface area contributed by atoms with E-state index >= 15 is 0 Å². The molecule has 0 aliphatic heterocycles. The van der Waals surface area contributed by atoms with Gasteiger partial charge < -0.3 is 15.4 Å². The van der Waals surface area contributed by atoms with Crippen LogP contribution in [-0.2, 0) is 16.1 Å². The minimum absolute atomic E-state index is 0.128. The van der Waals surface area contributed by atoms with E-state index in [1.165, 1.54) is 6.42 Å². The number of carbonyl (C=O) groups excluding carboxylic acids is 3. The van der Waals surface area contributed by atoms with Gasteiger partial charge in [0, 0.05) is 23.7 Å². The zero-order chi connectivity index (χ0) is 22.1. The Kier molecular flexibility index (Phi) is 8.21. The number of hydrogen-bond donors (Lipinski definition) is 2. The van der Waals surface area contributed by atoms with Crippen molar-refractivity contribution in [3.8, 4) is 0 Å². The van der Waals surface area contributed by atoms with Crippen LogP contribution in [0.25, 0.3) is 0 Å². The van der Waals surface area contributed by atoms with Crippen LogP contribution in [0.1, 0.15) is 71.7 Å². The molecule has 0 unspecified atom stereocenters. The van der Waals surface area contributed by atoms with Crippen molar-refractivity contribution in [3.05, 3.63) is 65.2 Å². The van der Waals surface area contributed by atoms with Crippen molar-refractivity contribution in [2.75, 3.05) is 11.9 Å². The van der Waals surface area contributed by atoms with E-state index in [1.54, 1.807) is 36.4 Å². The maximum Gasteiger partial charge on any atom is 0.338 e. The van der Waals surface area contributed by atoms with Gasteiger partial charge in [0.25, 0.3) is 5.91 Å². The van der Waals surface area contributed by atoms with E-state index in [0.29, 0.717) is 30.0 Å². The van der Waals surface area contributed by atoms with Gasteiger partial charge in [0.05, 0.1) is 12.2 Å². The third-order valence-corrected chi connectivity index (χ3v) is 5.47. The van der Waals surface area contributed by atoms with Crippen LogP contribution in [0.3, 0.4) is 0 Å². The molecule has 0 saturated heterocycles. The van der Waals surface area contributed by atoms with Crippen LogP contribution >= 0.6 is 0 Å². The minimum atomic E-state index is -0.370. The molecule has 1 fully saturated rings. The second kappa shape index (κ2) is 11.3. The molecule has 2 aromatic rings. The molecule has 2 aromatic carbocycles. The first-order valence-corrected chi connectivity index (χ1v) is 11.0. The highest BCUT2D eigenvalue weighted by Crippen LogP contribution is 2.23. The molecule has 6 nitrogen and oxygen atoms in total. The molecule has 6 heteroatoms. The number of benzene rings is 2. The smallest absolute Gasteiger partial charge is 0.338 e. The molecular weight excluding hydrogens is 392 g/mol. The summed E-state index contributed by atoms with van der Waals surface area (Å²) in [5.74, 6) is -0.341. The molecule has 2 amide bonds. The normalized spacial score (nSPS) is 14.0. The molecule has 0 heterocycles. The summed E-state index contributed by atoms with van der Waals surface area (Å²) in [4.78, 5) is 36.6. The first-order chi connectivity index (χ1) is 15.1. The van der Waals surface area contributed by atoms with Crippen LogP contribution in [0.2, 0.25) is 0 Å². The molecule has 0 spiro atoms. The highest BCUT2D eigenvalue weighted by Gasteiger charge is 2.20. The van der Waals surface area contributed by atoms with Crippen LogP contribution < -0.4 is 10.6 Å². The highest BCUT2D eigenvalue weighted by molar-refractivity contribution is 6.04. The first kappa shape index (κ1) is 22.5. The number of esters is 1. The van der Waals surface area contributed by atoms with Gasteiger partial charge in [0.15, 0.2) is 0 Å². The van der Waals surface area contributed by atoms with Crippen molar-refractivity contribution in [2.45, 2.75) is 52.0 Å². The van der Waals surface area contributed by atoms with Gasteiger partial charge in [-0.3, -0.25) is 9.59 Å². The average Bonchev–Trinajstić information content (AvgIpc) is 2.82. The number of carbonyl (C=O) groups is 3. The summed E-state index contributed by atoms with van der Waals surface area (Å²) >= 11 is 0. The summed E-state index contributed by atoms with van der Waals surface area (Å²) in [6.07, 6.45) is 6.22. The Hall–Kier alpha value is -3.15. The van der Waals surface area contributed by atoms with E-state index in [0.717, 1.165) is 37.7 Å². The fraction of sp³-hybridized carbons (Fsp3) is 0.400. The Labute approximate surface area is 183 Å². The molecule has 0 radical (unpaired) electrons. The number of hydrogen-bond acceptors (Lipinski definition) is 4. The van der Waals surface area contributed by atoms with Crippen LogP contribution in [0, 0.1) is 5.92 Å². The van der Waals surface area contributed by atoms with E-state index in [9.17, 15) is 14.4 Å². The summed E-state index contributed by atoms with van der Waals surface area (Å²) in [5, 5.41) is 5.83. The average molecular weight is 423 g/mol. The van der Waals surface area contributed by atoms with Gasteiger partial charge in [-0.15, -0.1) is 0 Å². The van der Waals surface area contributed by atoms with Crippen molar-refractivity contribution >= 4 is 23.5 Å². The maximum absolute atomic E-state index is 12.5. The van der Waals surface area contributed by atoms with Gasteiger partial charge in [0.2, 0.25) is 5.91 Å². The molecular formula is C25H30N2O4. The monoisotopic (exact) mass is 422 g/mol. The Morgan fingerprint density at radius 2 is 1.55 bits per heavy atom. The predicted octanol–water partition coefficient (Wildman–Crippen LogP) is 4.70.